The fourth-order valence-electron chi connectivity index (χ4n) is 2.93. The highest BCUT2D eigenvalue weighted by atomic mass is 16.5. The Hall–Kier alpha value is -1.32. The average molecular weight is 224 g/mol. The van der Waals surface area contributed by atoms with Crippen molar-refractivity contribution in [2.24, 2.45) is 23.7 Å². The Kier molecular flexibility index (Phi) is 2.52. The molecule has 4 nitrogen and oxygen atoms in total. The first kappa shape index (κ1) is 11.2. The van der Waals surface area contributed by atoms with E-state index in [9.17, 15) is 14.7 Å². The second-order valence-corrected chi connectivity index (χ2v) is 4.78. The molecular weight excluding hydrogens is 208 g/mol. The molecule has 0 radical (unpaired) electrons. The van der Waals surface area contributed by atoms with E-state index in [0.29, 0.717) is 6.61 Å². The van der Waals surface area contributed by atoms with Crippen molar-refractivity contribution in [3.63, 3.8) is 0 Å². The van der Waals surface area contributed by atoms with Crippen LogP contribution in [0.15, 0.2) is 11.1 Å². The van der Waals surface area contributed by atoms with Crippen LogP contribution in [0.1, 0.15) is 20.8 Å². The smallest absolute Gasteiger partial charge is 0.310 e. The molecule has 0 aromatic carbocycles. The van der Waals surface area contributed by atoms with Crippen LogP contribution in [-0.4, -0.2) is 23.7 Å². The van der Waals surface area contributed by atoms with E-state index in [-0.39, 0.29) is 17.8 Å². The molecule has 0 saturated carbocycles. The van der Waals surface area contributed by atoms with E-state index < -0.39 is 17.8 Å². The van der Waals surface area contributed by atoms with Gasteiger partial charge in [-0.3, -0.25) is 9.59 Å². The van der Waals surface area contributed by atoms with Gasteiger partial charge in [-0.05, 0) is 19.8 Å². The average Bonchev–Trinajstić information content (AvgIpc) is 2.58. The molecule has 2 rings (SSSR count). The summed E-state index contributed by atoms with van der Waals surface area (Å²) in [4.78, 5) is 22.9. The normalized spacial score (nSPS) is 38.3. The highest BCUT2D eigenvalue weighted by Gasteiger charge is 2.51. The van der Waals surface area contributed by atoms with Crippen molar-refractivity contribution in [2.75, 3.05) is 6.61 Å². The predicted molar refractivity (Wildman–Crippen MR) is 56.6 cm³/mol. The monoisotopic (exact) mass is 224 g/mol. The van der Waals surface area contributed by atoms with Crippen molar-refractivity contribution in [1.82, 2.24) is 0 Å². The number of carbonyl (C=O) groups excluding carboxylic acids is 1. The number of hydrogen-bond acceptors (Lipinski definition) is 3. The van der Waals surface area contributed by atoms with Gasteiger partial charge in [0.1, 0.15) is 0 Å². The molecule has 0 bridgehead atoms. The number of ether oxygens (including phenoxy) is 1. The topological polar surface area (TPSA) is 63.6 Å². The first-order chi connectivity index (χ1) is 7.45. The van der Waals surface area contributed by atoms with E-state index in [1.807, 2.05) is 20.8 Å². The maximum Gasteiger partial charge on any atom is 0.310 e. The molecular formula is C12H16O4. The SMILES string of the molecule is CC1=C(C)[C@@H]2COC(=O)[C@@H]2[C@H](C(=O)O)[C@@H]1C. The van der Waals surface area contributed by atoms with Gasteiger partial charge in [0.2, 0.25) is 0 Å². The third-order valence-corrected chi connectivity index (χ3v) is 4.18. The highest BCUT2D eigenvalue weighted by molar-refractivity contribution is 5.84. The number of hydrogen-bond donors (Lipinski definition) is 1. The van der Waals surface area contributed by atoms with E-state index >= 15 is 0 Å². The van der Waals surface area contributed by atoms with Gasteiger partial charge in [0.25, 0.3) is 0 Å². The Balaban J connectivity index is 2.48. The molecule has 4 heteroatoms. The molecule has 0 unspecified atom stereocenters. The van der Waals surface area contributed by atoms with Crippen molar-refractivity contribution in [2.45, 2.75) is 20.8 Å². The fraction of sp³-hybridized carbons (Fsp3) is 0.667. The minimum absolute atomic E-state index is 0.0372. The van der Waals surface area contributed by atoms with Crippen LogP contribution < -0.4 is 0 Å². The zero-order valence-corrected chi connectivity index (χ0v) is 9.69. The second kappa shape index (κ2) is 3.61. The van der Waals surface area contributed by atoms with Crippen molar-refractivity contribution < 1.29 is 19.4 Å². The summed E-state index contributed by atoms with van der Waals surface area (Å²) in [5, 5.41) is 9.25. The standard InChI is InChI=1S/C12H16O4/c1-5-6(2)8-4-16-12(15)10(8)9(7(5)3)11(13)14/h7-10H,4H2,1-3H3,(H,13,14)/t7-,8+,9-,10+/m1/s1. The summed E-state index contributed by atoms with van der Waals surface area (Å²) in [7, 11) is 0. The Bertz CT molecular complexity index is 382. The lowest BCUT2D eigenvalue weighted by Crippen LogP contribution is -2.40. The van der Waals surface area contributed by atoms with Crippen molar-refractivity contribution in [1.29, 1.82) is 0 Å². The van der Waals surface area contributed by atoms with Crippen molar-refractivity contribution in [3.05, 3.63) is 11.1 Å². The minimum atomic E-state index is -0.895. The van der Waals surface area contributed by atoms with Gasteiger partial charge < -0.3 is 9.84 Å². The number of carbonyl (C=O) groups is 2. The molecule has 1 aliphatic carbocycles. The van der Waals surface area contributed by atoms with Gasteiger partial charge in [-0.1, -0.05) is 18.1 Å². The summed E-state index contributed by atoms with van der Waals surface area (Å²) >= 11 is 0. The molecule has 88 valence electrons. The first-order valence-electron chi connectivity index (χ1n) is 5.51. The molecule has 0 spiro atoms. The maximum absolute atomic E-state index is 11.6. The second-order valence-electron chi connectivity index (χ2n) is 4.78. The highest BCUT2D eigenvalue weighted by Crippen LogP contribution is 2.45. The predicted octanol–water partition coefficient (Wildman–Crippen LogP) is 1.46. The first-order valence-corrected chi connectivity index (χ1v) is 5.51. The summed E-state index contributed by atoms with van der Waals surface area (Å²) < 4.78 is 5.01. The number of carboxylic acid groups (broad SMARTS) is 1. The van der Waals surface area contributed by atoms with E-state index in [2.05, 4.69) is 0 Å². The minimum Gasteiger partial charge on any atom is -0.481 e. The molecule has 1 N–H and O–H groups in total. The third-order valence-electron chi connectivity index (χ3n) is 4.18. The van der Waals surface area contributed by atoms with Gasteiger partial charge >= 0.3 is 11.9 Å². The Labute approximate surface area is 94.3 Å². The quantitative estimate of drug-likeness (QED) is 0.541. The van der Waals surface area contributed by atoms with Crippen molar-refractivity contribution >= 4 is 11.9 Å². The Morgan fingerprint density at radius 1 is 1.38 bits per heavy atom. The number of aliphatic carboxylic acids is 1. The summed E-state index contributed by atoms with van der Waals surface area (Å²) in [5.41, 5.74) is 2.22. The lowest BCUT2D eigenvalue weighted by Gasteiger charge is -2.35. The van der Waals surface area contributed by atoms with Crippen LogP contribution in [0, 0.1) is 23.7 Å². The van der Waals surface area contributed by atoms with Crippen LogP contribution in [0.2, 0.25) is 0 Å². The van der Waals surface area contributed by atoms with Gasteiger partial charge in [-0.15, -0.1) is 0 Å². The molecule has 2 aliphatic rings. The van der Waals surface area contributed by atoms with E-state index in [1.165, 1.54) is 0 Å². The summed E-state index contributed by atoms with van der Waals surface area (Å²) in [6, 6.07) is 0. The number of fused-ring (bicyclic) bond motifs is 1. The fourth-order valence-corrected chi connectivity index (χ4v) is 2.93. The van der Waals surface area contributed by atoms with Crippen LogP contribution in [-0.2, 0) is 14.3 Å². The lowest BCUT2D eigenvalue weighted by atomic mass is 9.66. The largest absolute Gasteiger partial charge is 0.481 e. The molecule has 16 heavy (non-hydrogen) atoms. The molecule has 1 saturated heterocycles. The van der Waals surface area contributed by atoms with Crippen LogP contribution in [0.4, 0.5) is 0 Å². The van der Waals surface area contributed by atoms with Crippen molar-refractivity contribution in [3.8, 4) is 0 Å². The zero-order chi connectivity index (χ0) is 12.0. The maximum atomic E-state index is 11.6. The van der Waals surface area contributed by atoms with Crippen LogP contribution in [0.5, 0.6) is 0 Å². The van der Waals surface area contributed by atoms with Gasteiger partial charge in [0.05, 0.1) is 18.4 Å². The molecule has 4 atom stereocenters. The summed E-state index contributed by atoms with van der Waals surface area (Å²) in [6.45, 7) is 6.14. The van der Waals surface area contributed by atoms with Crippen LogP contribution in [0.3, 0.4) is 0 Å². The van der Waals surface area contributed by atoms with Crippen LogP contribution in [0.25, 0.3) is 0 Å². The zero-order valence-electron chi connectivity index (χ0n) is 9.69. The number of allylic oxidation sites excluding steroid dienone is 1. The third kappa shape index (κ3) is 1.36. The molecule has 1 fully saturated rings. The molecule has 0 amide bonds. The Morgan fingerprint density at radius 2 is 2.00 bits per heavy atom. The molecule has 1 aliphatic heterocycles. The van der Waals surface area contributed by atoms with Gasteiger partial charge in [-0.2, -0.15) is 0 Å². The number of esters is 1. The summed E-state index contributed by atoms with van der Waals surface area (Å²) in [5.74, 6) is -2.50. The van der Waals surface area contributed by atoms with Gasteiger partial charge in [-0.25, -0.2) is 0 Å². The number of rotatable bonds is 1. The molecule has 0 aromatic heterocycles. The van der Waals surface area contributed by atoms with E-state index in [0.717, 1.165) is 11.1 Å². The number of cyclic esters (lactones) is 1. The van der Waals surface area contributed by atoms with E-state index in [1.54, 1.807) is 0 Å². The molecule has 1 heterocycles. The van der Waals surface area contributed by atoms with Gasteiger partial charge in [0.15, 0.2) is 0 Å². The molecule has 0 aromatic rings. The van der Waals surface area contributed by atoms with Gasteiger partial charge in [0, 0.05) is 5.92 Å². The Morgan fingerprint density at radius 3 is 2.56 bits per heavy atom. The lowest BCUT2D eigenvalue weighted by molar-refractivity contribution is -0.153. The summed E-state index contributed by atoms with van der Waals surface area (Å²) in [6.07, 6.45) is 0. The van der Waals surface area contributed by atoms with E-state index in [4.69, 9.17) is 4.74 Å². The van der Waals surface area contributed by atoms with Crippen LogP contribution >= 0.6 is 0 Å². The number of carboxylic acids is 1.